The van der Waals surface area contributed by atoms with Gasteiger partial charge in [-0.3, -0.25) is 4.79 Å². The third-order valence-electron chi connectivity index (χ3n) is 4.97. The summed E-state index contributed by atoms with van der Waals surface area (Å²) < 4.78 is 6.48. The van der Waals surface area contributed by atoms with Crippen molar-refractivity contribution >= 4 is 14.1 Å². The van der Waals surface area contributed by atoms with Crippen LogP contribution in [0.3, 0.4) is 0 Å². The fourth-order valence-electron chi connectivity index (χ4n) is 2.56. The molecule has 0 aliphatic heterocycles. The van der Waals surface area contributed by atoms with E-state index in [1.807, 2.05) is 6.92 Å². The van der Waals surface area contributed by atoms with Gasteiger partial charge in [0, 0.05) is 6.42 Å². The number of rotatable bonds is 5. The third-order valence-corrected chi connectivity index (χ3v) is 9.43. The van der Waals surface area contributed by atoms with Crippen LogP contribution >= 0.6 is 0 Å². The lowest BCUT2D eigenvalue weighted by Crippen LogP contribution is -2.48. The van der Waals surface area contributed by atoms with Crippen molar-refractivity contribution in [2.24, 2.45) is 5.92 Å². The molecule has 1 saturated carbocycles. The molecule has 0 unspecified atom stereocenters. The molecule has 1 aliphatic carbocycles. The van der Waals surface area contributed by atoms with Crippen molar-refractivity contribution in [2.75, 3.05) is 0 Å². The Bertz CT molecular complexity index is 298. The molecule has 0 aromatic carbocycles. The van der Waals surface area contributed by atoms with Gasteiger partial charge in [0.25, 0.3) is 0 Å². The van der Waals surface area contributed by atoms with E-state index in [4.69, 9.17) is 4.43 Å². The number of carbonyl (C=O) groups is 1. The van der Waals surface area contributed by atoms with Crippen molar-refractivity contribution in [2.45, 2.75) is 90.5 Å². The molecule has 0 heterocycles. The normalized spacial score (nSPS) is 20.3. The highest BCUT2D eigenvalue weighted by Gasteiger charge is 2.42. The van der Waals surface area contributed by atoms with Crippen LogP contribution in [0.4, 0.5) is 0 Å². The molecule has 19 heavy (non-hydrogen) atoms. The smallest absolute Gasteiger partial charge is 0.193 e. The van der Waals surface area contributed by atoms with Crippen LogP contribution in [0.15, 0.2) is 0 Å². The standard InChI is InChI=1S/C16H32O2Si/c1-7-14(17)15(13-11-9-8-10-12-13)18-19(5,6)16(2,3)4/h13,15H,7-12H2,1-6H3/t15-/m1/s1. The minimum Gasteiger partial charge on any atom is -0.407 e. The van der Waals surface area contributed by atoms with Crippen LogP contribution in [0.25, 0.3) is 0 Å². The second kappa shape index (κ2) is 6.53. The largest absolute Gasteiger partial charge is 0.407 e. The topological polar surface area (TPSA) is 26.3 Å². The predicted molar refractivity (Wildman–Crippen MR) is 83.9 cm³/mol. The second-order valence-electron chi connectivity index (χ2n) is 7.52. The molecule has 0 aromatic rings. The van der Waals surface area contributed by atoms with Gasteiger partial charge in [0.2, 0.25) is 0 Å². The van der Waals surface area contributed by atoms with Crippen molar-refractivity contribution in [3.05, 3.63) is 0 Å². The Kier molecular flexibility index (Phi) is 5.81. The first kappa shape index (κ1) is 16.9. The molecule has 1 aliphatic rings. The van der Waals surface area contributed by atoms with Gasteiger partial charge in [0.15, 0.2) is 14.1 Å². The Morgan fingerprint density at radius 1 is 1.21 bits per heavy atom. The summed E-state index contributed by atoms with van der Waals surface area (Å²) in [6.45, 7) is 13.2. The van der Waals surface area contributed by atoms with Crippen molar-refractivity contribution in [1.82, 2.24) is 0 Å². The first-order valence-corrected chi connectivity index (χ1v) is 10.8. The van der Waals surface area contributed by atoms with Gasteiger partial charge in [0.05, 0.1) is 0 Å². The van der Waals surface area contributed by atoms with Crippen LogP contribution in [0.5, 0.6) is 0 Å². The van der Waals surface area contributed by atoms with Gasteiger partial charge >= 0.3 is 0 Å². The zero-order valence-electron chi connectivity index (χ0n) is 13.7. The highest BCUT2D eigenvalue weighted by molar-refractivity contribution is 6.74. The summed E-state index contributed by atoms with van der Waals surface area (Å²) in [6.07, 6.45) is 6.67. The van der Waals surface area contributed by atoms with Crippen LogP contribution in [0, 0.1) is 5.92 Å². The van der Waals surface area contributed by atoms with Crippen LogP contribution in [0.1, 0.15) is 66.2 Å². The molecule has 3 heteroatoms. The van der Waals surface area contributed by atoms with E-state index in [-0.39, 0.29) is 11.1 Å². The van der Waals surface area contributed by atoms with Crippen molar-refractivity contribution in [1.29, 1.82) is 0 Å². The van der Waals surface area contributed by atoms with Crippen molar-refractivity contribution in [3.8, 4) is 0 Å². The van der Waals surface area contributed by atoms with E-state index < -0.39 is 8.32 Å². The van der Waals surface area contributed by atoms with Gasteiger partial charge in [-0.1, -0.05) is 47.0 Å². The van der Waals surface area contributed by atoms with E-state index in [1.54, 1.807) is 0 Å². The Labute approximate surface area is 120 Å². The number of Topliss-reactive ketones (excluding diaryl/α,β-unsaturated/α-hetero) is 1. The number of carbonyl (C=O) groups excluding carboxylic acids is 1. The Balaban J connectivity index is 2.83. The number of ketones is 1. The average molecular weight is 285 g/mol. The molecule has 0 N–H and O–H groups in total. The Morgan fingerprint density at radius 3 is 2.16 bits per heavy atom. The number of hydrogen-bond donors (Lipinski definition) is 0. The minimum atomic E-state index is -1.85. The lowest BCUT2D eigenvalue weighted by molar-refractivity contribution is -0.129. The summed E-state index contributed by atoms with van der Waals surface area (Å²) >= 11 is 0. The summed E-state index contributed by atoms with van der Waals surface area (Å²) in [7, 11) is -1.85. The quantitative estimate of drug-likeness (QED) is 0.669. The fraction of sp³-hybridized carbons (Fsp3) is 0.938. The van der Waals surface area contributed by atoms with Crippen LogP contribution in [-0.4, -0.2) is 20.2 Å². The first-order chi connectivity index (χ1) is 8.69. The van der Waals surface area contributed by atoms with E-state index in [1.165, 1.54) is 32.1 Å². The van der Waals surface area contributed by atoms with E-state index in [2.05, 4.69) is 33.9 Å². The molecule has 0 aromatic heterocycles. The highest BCUT2D eigenvalue weighted by Crippen LogP contribution is 2.40. The predicted octanol–water partition coefficient (Wildman–Crippen LogP) is 4.94. The first-order valence-electron chi connectivity index (χ1n) is 7.89. The molecular weight excluding hydrogens is 252 g/mol. The van der Waals surface area contributed by atoms with Crippen molar-refractivity contribution in [3.63, 3.8) is 0 Å². The van der Waals surface area contributed by atoms with Gasteiger partial charge in [-0.2, -0.15) is 0 Å². The molecule has 0 spiro atoms. The van der Waals surface area contributed by atoms with Crippen LogP contribution in [0.2, 0.25) is 18.1 Å². The van der Waals surface area contributed by atoms with E-state index in [0.717, 1.165) is 0 Å². The van der Waals surface area contributed by atoms with Gasteiger partial charge in [-0.15, -0.1) is 0 Å². The molecule has 1 atom stereocenters. The Morgan fingerprint density at radius 2 is 1.74 bits per heavy atom. The van der Waals surface area contributed by atoms with Gasteiger partial charge < -0.3 is 4.43 Å². The molecular formula is C16H32O2Si. The second-order valence-corrected chi connectivity index (χ2v) is 12.3. The molecule has 1 fully saturated rings. The van der Waals surface area contributed by atoms with Crippen LogP contribution in [-0.2, 0) is 9.22 Å². The SMILES string of the molecule is CCC(=O)[C@H](O[Si](C)(C)C(C)(C)C)C1CCCCC1. The monoisotopic (exact) mass is 284 g/mol. The Hall–Kier alpha value is -0.153. The highest BCUT2D eigenvalue weighted by atomic mass is 28.4. The molecule has 0 bridgehead atoms. The lowest BCUT2D eigenvalue weighted by atomic mass is 9.83. The summed E-state index contributed by atoms with van der Waals surface area (Å²) in [5.41, 5.74) is 0. The molecule has 0 saturated heterocycles. The minimum absolute atomic E-state index is 0.133. The average Bonchev–Trinajstić information content (AvgIpc) is 2.35. The number of hydrogen-bond acceptors (Lipinski definition) is 2. The summed E-state index contributed by atoms with van der Waals surface area (Å²) in [6, 6.07) is 0. The maximum absolute atomic E-state index is 12.3. The molecule has 2 nitrogen and oxygen atoms in total. The zero-order chi connectivity index (χ0) is 14.7. The van der Waals surface area contributed by atoms with Gasteiger partial charge in [-0.05, 0) is 36.9 Å². The van der Waals surface area contributed by atoms with E-state index >= 15 is 0 Å². The van der Waals surface area contributed by atoms with Gasteiger partial charge in [0.1, 0.15) is 6.10 Å². The van der Waals surface area contributed by atoms with Crippen molar-refractivity contribution < 1.29 is 9.22 Å². The summed E-state index contributed by atoms with van der Waals surface area (Å²) in [5, 5.41) is 0.175. The molecule has 0 radical (unpaired) electrons. The zero-order valence-corrected chi connectivity index (χ0v) is 14.7. The van der Waals surface area contributed by atoms with E-state index in [9.17, 15) is 4.79 Å². The fourth-order valence-corrected chi connectivity index (χ4v) is 3.87. The van der Waals surface area contributed by atoms with E-state index in [0.29, 0.717) is 18.1 Å². The van der Waals surface area contributed by atoms with Gasteiger partial charge in [-0.25, -0.2) is 0 Å². The maximum atomic E-state index is 12.3. The summed E-state index contributed by atoms with van der Waals surface area (Å²) in [4.78, 5) is 12.3. The third kappa shape index (κ3) is 4.42. The maximum Gasteiger partial charge on any atom is 0.193 e. The molecule has 1 rings (SSSR count). The molecule has 0 amide bonds. The lowest BCUT2D eigenvalue weighted by Gasteiger charge is -2.41. The summed E-state index contributed by atoms with van der Waals surface area (Å²) in [5.74, 6) is 0.784. The van der Waals surface area contributed by atoms with Crippen LogP contribution < -0.4 is 0 Å². The molecule has 112 valence electrons.